The molecule has 0 aromatic heterocycles. The van der Waals surface area contributed by atoms with E-state index in [0.717, 1.165) is 5.56 Å². The molecule has 0 amide bonds. The van der Waals surface area contributed by atoms with Crippen molar-refractivity contribution in [2.24, 2.45) is 5.14 Å². The molecule has 0 radical (unpaired) electrons. The van der Waals surface area contributed by atoms with E-state index in [1.54, 1.807) is 18.2 Å². The second-order valence-corrected chi connectivity index (χ2v) is 4.46. The van der Waals surface area contributed by atoms with Crippen LogP contribution in [-0.2, 0) is 10.3 Å². The molecule has 0 fully saturated rings. The molecule has 0 aliphatic heterocycles. The largest absolute Gasteiger partial charge is 0.380 e. The van der Waals surface area contributed by atoms with E-state index < -0.39 is 10.3 Å². The molecule has 78 valence electrons. The molecule has 0 saturated carbocycles. The Morgan fingerprint density at radius 1 is 1.36 bits per heavy atom. The van der Waals surface area contributed by atoms with Gasteiger partial charge in [-0.3, -0.25) is 0 Å². The topological polar surface area (TPSA) is 69.4 Å². The van der Waals surface area contributed by atoms with E-state index in [-0.39, 0.29) is 5.75 Å². The normalized spacial score (nSPS) is 11.7. The molecule has 0 saturated heterocycles. The van der Waals surface area contributed by atoms with E-state index in [2.05, 4.69) is 4.18 Å². The van der Waals surface area contributed by atoms with Crippen LogP contribution >= 0.6 is 0 Å². The van der Waals surface area contributed by atoms with Gasteiger partial charge in [0.1, 0.15) is 5.75 Å². The van der Waals surface area contributed by atoms with Crippen LogP contribution in [0.15, 0.2) is 24.3 Å². The standard InChI is InChI=1S/C9H13NO3S/c1-7(2)8-4-3-5-9(6-8)13-14(10,11)12/h3-7H,1-2H3,(H2,10,11,12). The highest BCUT2D eigenvalue weighted by Crippen LogP contribution is 2.20. The van der Waals surface area contributed by atoms with Gasteiger partial charge in [0.15, 0.2) is 0 Å². The molecule has 5 heteroatoms. The molecule has 1 rings (SSSR count). The Hall–Kier alpha value is -1.07. The number of hydrogen-bond donors (Lipinski definition) is 1. The number of hydrogen-bond acceptors (Lipinski definition) is 3. The van der Waals surface area contributed by atoms with E-state index in [1.165, 1.54) is 0 Å². The minimum Gasteiger partial charge on any atom is -0.371 e. The molecule has 14 heavy (non-hydrogen) atoms. The first-order chi connectivity index (χ1) is 6.38. The predicted octanol–water partition coefficient (Wildman–Crippen LogP) is 1.39. The van der Waals surface area contributed by atoms with E-state index in [4.69, 9.17) is 5.14 Å². The Bertz CT molecular complexity index is 412. The third-order valence-electron chi connectivity index (χ3n) is 1.74. The Morgan fingerprint density at radius 3 is 2.50 bits per heavy atom. The third-order valence-corrected chi connectivity index (χ3v) is 2.16. The van der Waals surface area contributed by atoms with Crippen LogP contribution in [0, 0.1) is 0 Å². The smallest absolute Gasteiger partial charge is 0.371 e. The maximum Gasteiger partial charge on any atom is 0.380 e. The zero-order valence-electron chi connectivity index (χ0n) is 8.10. The van der Waals surface area contributed by atoms with Gasteiger partial charge in [-0.15, -0.1) is 0 Å². The van der Waals surface area contributed by atoms with Crippen molar-refractivity contribution in [1.82, 2.24) is 0 Å². The van der Waals surface area contributed by atoms with Gasteiger partial charge in [0.25, 0.3) is 0 Å². The zero-order valence-corrected chi connectivity index (χ0v) is 8.91. The Kier molecular flexibility index (Phi) is 3.13. The van der Waals surface area contributed by atoms with Crippen LogP contribution in [0.2, 0.25) is 0 Å². The summed E-state index contributed by atoms with van der Waals surface area (Å²) in [5.41, 5.74) is 1.01. The lowest BCUT2D eigenvalue weighted by Gasteiger charge is -2.07. The highest BCUT2D eigenvalue weighted by Gasteiger charge is 2.06. The van der Waals surface area contributed by atoms with Gasteiger partial charge in [0.05, 0.1) is 0 Å². The highest BCUT2D eigenvalue weighted by molar-refractivity contribution is 7.84. The summed E-state index contributed by atoms with van der Waals surface area (Å²) < 4.78 is 25.8. The molecule has 0 atom stereocenters. The van der Waals surface area contributed by atoms with Gasteiger partial charge in [0, 0.05) is 0 Å². The van der Waals surface area contributed by atoms with Gasteiger partial charge >= 0.3 is 10.3 Å². The second-order valence-electron chi connectivity index (χ2n) is 3.30. The molecule has 4 nitrogen and oxygen atoms in total. The van der Waals surface area contributed by atoms with Crippen molar-refractivity contribution >= 4 is 10.3 Å². The fraction of sp³-hybridized carbons (Fsp3) is 0.333. The highest BCUT2D eigenvalue weighted by atomic mass is 32.2. The van der Waals surface area contributed by atoms with Crippen molar-refractivity contribution in [1.29, 1.82) is 0 Å². The van der Waals surface area contributed by atoms with Crippen molar-refractivity contribution in [2.75, 3.05) is 0 Å². The molecule has 0 bridgehead atoms. The van der Waals surface area contributed by atoms with Crippen molar-refractivity contribution in [3.05, 3.63) is 29.8 Å². The fourth-order valence-corrected chi connectivity index (χ4v) is 1.43. The average Bonchev–Trinajstić information content (AvgIpc) is 2.01. The van der Waals surface area contributed by atoms with Crippen molar-refractivity contribution in [2.45, 2.75) is 19.8 Å². The lowest BCUT2D eigenvalue weighted by atomic mass is 10.0. The first-order valence-corrected chi connectivity index (χ1v) is 5.68. The SMILES string of the molecule is CC(C)c1cccc(OS(N)(=O)=O)c1. The van der Waals surface area contributed by atoms with E-state index in [1.807, 2.05) is 19.9 Å². The van der Waals surface area contributed by atoms with Crippen molar-refractivity contribution < 1.29 is 12.6 Å². The van der Waals surface area contributed by atoms with Gasteiger partial charge in [-0.2, -0.15) is 13.6 Å². The van der Waals surface area contributed by atoms with Crippen LogP contribution in [-0.4, -0.2) is 8.42 Å². The molecule has 0 unspecified atom stereocenters. The fourth-order valence-electron chi connectivity index (χ4n) is 1.06. The maximum absolute atomic E-state index is 10.6. The molecule has 2 N–H and O–H groups in total. The maximum atomic E-state index is 10.6. The molecule has 1 aromatic carbocycles. The summed E-state index contributed by atoms with van der Waals surface area (Å²) in [7, 11) is -3.92. The van der Waals surface area contributed by atoms with E-state index in [0.29, 0.717) is 5.92 Å². The lowest BCUT2D eigenvalue weighted by molar-refractivity contribution is 0.487. The molecule has 0 aliphatic rings. The minimum absolute atomic E-state index is 0.249. The summed E-state index contributed by atoms with van der Waals surface area (Å²) in [6.07, 6.45) is 0. The summed E-state index contributed by atoms with van der Waals surface area (Å²) in [4.78, 5) is 0. The van der Waals surface area contributed by atoms with Crippen LogP contribution in [0.1, 0.15) is 25.3 Å². The van der Waals surface area contributed by atoms with E-state index in [9.17, 15) is 8.42 Å². The number of rotatable bonds is 3. The van der Waals surface area contributed by atoms with Crippen LogP contribution in [0.5, 0.6) is 5.75 Å². The Morgan fingerprint density at radius 2 is 2.00 bits per heavy atom. The van der Waals surface area contributed by atoms with Crippen LogP contribution in [0.25, 0.3) is 0 Å². The Labute approximate surface area is 83.9 Å². The zero-order chi connectivity index (χ0) is 10.8. The summed E-state index contributed by atoms with van der Waals surface area (Å²) in [6, 6.07) is 6.85. The predicted molar refractivity (Wildman–Crippen MR) is 54.3 cm³/mol. The summed E-state index contributed by atoms with van der Waals surface area (Å²) in [5, 5.41) is 4.74. The lowest BCUT2D eigenvalue weighted by Crippen LogP contribution is -2.18. The van der Waals surface area contributed by atoms with Crippen LogP contribution < -0.4 is 9.32 Å². The quantitative estimate of drug-likeness (QED) is 0.828. The third kappa shape index (κ3) is 3.35. The first kappa shape index (κ1) is 11.0. The van der Waals surface area contributed by atoms with Crippen LogP contribution in [0.3, 0.4) is 0 Å². The van der Waals surface area contributed by atoms with Gasteiger partial charge in [-0.1, -0.05) is 26.0 Å². The first-order valence-electron chi connectivity index (χ1n) is 4.20. The van der Waals surface area contributed by atoms with Crippen molar-refractivity contribution in [3.8, 4) is 5.75 Å². The molecule has 0 aliphatic carbocycles. The van der Waals surface area contributed by atoms with E-state index >= 15 is 0 Å². The van der Waals surface area contributed by atoms with Gasteiger partial charge in [0.2, 0.25) is 0 Å². The van der Waals surface area contributed by atoms with Crippen molar-refractivity contribution in [3.63, 3.8) is 0 Å². The minimum atomic E-state index is -3.92. The molecule has 1 aromatic rings. The summed E-state index contributed by atoms with van der Waals surface area (Å²) in [6.45, 7) is 4.02. The monoisotopic (exact) mass is 215 g/mol. The molecule has 0 spiro atoms. The average molecular weight is 215 g/mol. The molecular weight excluding hydrogens is 202 g/mol. The summed E-state index contributed by atoms with van der Waals surface area (Å²) >= 11 is 0. The van der Waals surface area contributed by atoms with Gasteiger partial charge < -0.3 is 4.18 Å². The molecule has 0 heterocycles. The van der Waals surface area contributed by atoms with Gasteiger partial charge in [-0.05, 0) is 23.6 Å². The summed E-state index contributed by atoms with van der Waals surface area (Å²) in [5.74, 6) is 0.567. The Balaban J connectivity index is 2.95. The number of nitrogens with two attached hydrogens (primary N) is 1. The van der Waals surface area contributed by atoms with Crippen LogP contribution in [0.4, 0.5) is 0 Å². The number of benzene rings is 1. The molecular formula is C9H13NO3S. The second kappa shape index (κ2) is 3.98. The van der Waals surface area contributed by atoms with Gasteiger partial charge in [-0.25, -0.2) is 0 Å².